The normalized spacial score (nSPS) is 12.8. The van der Waals surface area contributed by atoms with E-state index in [-0.39, 0.29) is 42.5 Å². The van der Waals surface area contributed by atoms with Gasteiger partial charge in [0.25, 0.3) is 0 Å². The molecule has 1 radical (unpaired) electrons. The van der Waals surface area contributed by atoms with Gasteiger partial charge in [-0.3, -0.25) is 4.79 Å². The van der Waals surface area contributed by atoms with Gasteiger partial charge in [-0.15, -0.1) is 34.9 Å². The first-order chi connectivity index (χ1) is 17.7. The fourth-order valence-corrected chi connectivity index (χ4v) is 4.21. The topological polar surface area (TPSA) is 50.2 Å². The summed E-state index contributed by atoms with van der Waals surface area (Å²) >= 11 is 0. The Morgan fingerprint density at radius 1 is 1.00 bits per heavy atom. The molecule has 4 heteroatoms. The minimum absolute atomic E-state index is 0. The Morgan fingerprint density at radius 2 is 1.62 bits per heavy atom. The number of carbonyl (C=O) groups excluding carboxylic acids is 1. The molecular formula is C35H48IrNO2-. The average Bonchev–Trinajstić information content (AvgIpc) is 2.87. The van der Waals surface area contributed by atoms with Gasteiger partial charge in [0.1, 0.15) is 5.76 Å². The van der Waals surface area contributed by atoms with Crippen molar-refractivity contribution in [2.75, 3.05) is 0 Å². The molecule has 3 aromatic rings. The fourth-order valence-electron chi connectivity index (χ4n) is 4.21. The Labute approximate surface area is 250 Å². The third-order valence-electron chi connectivity index (χ3n) is 8.09. The van der Waals surface area contributed by atoms with Crippen LogP contribution in [0.1, 0.15) is 103 Å². The number of benzene rings is 2. The molecule has 39 heavy (non-hydrogen) atoms. The van der Waals surface area contributed by atoms with Crippen molar-refractivity contribution in [3.05, 3.63) is 76.7 Å². The first-order valence-electron chi connectivity index (χ1n) is 14.0. The molecule has 0 amide bonds. The van der Waals surface area contributed by atoms with Crippen molar-refractivity contribution in [2.24, 2.45) is 10.8 Å². The molecule has 215 valence electrons. The molecule has 1 heterocycles. The number of aryl methyl sites for hydroxylation is 3. The van der Waals surface area contributed by atoms with Crippen molar-refractivity contribution in [3.8, 4) is 11.3 Å². The average molecular weight is 707 g/mol. The Bertz CT molecular complexity index is 1280. The van der Waals surface area contributed by atoms with E-state index in [0.29, 0.717) is 5.92 Å². The van der Waals surface area contributed by atoms with Crippen molar-refractivity contribution >= 4 is 16.6 Å². The van der Waals surface area contributed by atoms with E-state index in [1.54, 1.807) is 0 Å². The summed E-state index contributed by atoms with van der Waals surface area (Å²) in [6, 6.07) is 14.5. The molecule has 1 unspecified atom stereocenters. The van der Waals surface area contributed by atoms with E-state index in [1.807, 2.05) is 47.7 Å². The standard InChI is InChI=1S/C22H24N.C13H24O2.Ir/c1-6-16(4)20-13-18-7-8-23-22(21(18)12-17(20)5)19-10-14(2)9-15(3)11-19;1-7-12(3,4)10(14)9-11(15)13(5,6)8-2;/h7-10,12-13,16H,6H2,1-5H3;9,14H,7-8H2,1-6H3;/q-1;;. The summed E-state index contributed by atoms with van der Waals surface area (Å²) in [6.45, 7) is 22.6. The number of carbonyl (C=O) groups is 1. The Hall–Kier alpha value is -2.29. The number of fused-ring (bicyclic) bond motifs is 1. The summed E-state index contributed by atoms with van der Waals surface area (Å²) in [5.41, 5.74) is 6.65. The van der Waals surface area contributed by atoms with Crippen molar-refractivity contribution in [2.45, 2.75) is 101 Å². The summed E-state index contributed by atoms with van der Waals surface area (Å²) in [5, 5.41) is 12.3. The third-order valence-corrected chi connectivity index (χ3v) is 8.09. The molecule has 0 aliphatic carbocycles. The number of ketones is 1. The van der Waals surface area contributed by atoms with Crippen LogP contribution in [0, 0.1) is 37.7 Å². The van der Waals surface area contributed by atoms with E-state index in [0.717, 1.165) is 36.1 Å². The molecule has 0 saturated heterocycles. The van der Waals surface area contributed by atoms with Gasteiger partial charge in [0, 0.05) is 43.2 Å². The SMILES string of the molecule is CCC(C)(C)C(=O)C=C(O)C(C)(C)CC.CCC(C)c1cc2ccnc(-c3[c-]c(C)cc(C)c3)c2cc1C.[Ir]. The molecule has 0 saturated carbocycles. The van der Waals surface area contributed by atoms with E-state index < -0.39 is 0 Å². The summed E-state index contributed by atoms with van der Waals surface area (Å²) in [5.74, 6) is 0.782. The minimum Gasteiger partial charge on any atom is -0.512 e. The Kier molecular flexibility index (Phi) is 12.8. The number of aliphatic hydroxyl groups is 1. The number of hydrogen-bond acceptors (Lipinski definition) is 3. The zero-order valence-corrected chi connectivity index (χ0v) is 28.3. The van der Waals surface area contributed by atoms with Crippen LogP contribution in [0.3, 0.4) is 0 Å². The summed E-state index contributed by atoms with van der Waals surface area (Å²) in [6.07, 6.45) is 6.07. The maximum absolute atomic E-state index is 11.8. The monoisotopic (exact) mass is 707 g/mol. The Balaban J connectivity index is 0.000000418. The first kappa shape index (κ1) is 34.7. The summed E-state index contributed by atoms with van der Waals surface area (Å²) < 4.78 is 0. The number of nitrogens with zero attached hydrogens (tertiary/aromatic N) is 1. The Morgan fingerprint density at radius 3 is 2.15 bits per heavy atom. The predicted molar refractivity (Wildman–Crippen MR) is 163 cm³/mol. The summed E-state index contributed by atoms with van der Waals surface area (Å²) in [7, 11) is 0. The van der Waals surface area contributed by atoms with Crippen LogP contribution in [0.2, 0.25) is 0 Å². The zero-order valence-electron chi connectivity index (χ0n) is 25.9. The van der Waals surface area contributed by atoms with Gasteiger partial charge in [0.15, 0.2) is 5.78 Å². The fraction of sp³-hybridized carbons (Fsp3) is 0.486. The molecule has 1 atom stereocenters. The molecule has 0 fully saturated rings. The van der Waals surface area contributed by atoms with Crippen LogP contribution in [0.5, 0.6) is 0 Å². The van der Waals surface area contributed by atoms with Crippen LogP contribution >= 0.6 is 0 Å². The van der Waals surface area contributed by atoms with E-state index >= 15 is 0 Å². The molecule has 1 N–H and O–H groups in total. The second-order valence-electron chi connectivity index (χ2n) is 12.0. The van der Waals surface area contributed by atoms with Crippen molar-refractivity contribution < 1.29 is 30.0 Å². The smallest absolute Gasteiger partial charge is 0.164 e. The van der Waals surface area contributed by atoms with Crippen LogP contribution in [-0.4, -0.2) is 15.9 Å². The van der Waals surface area contributed by atoms with E-state index in [2.05, 4.69) is 76.0 Å². The molecule has 0 aliphatic heterocycles. The van der Waals surface area contributed by atoms with Crippen molar-refractivity contribution in [3.63, 3.8) is 0 Å². The van der Waals surface area contributed by atoms with Crippen LogP contribution in [0.15, 0.2) is 48.4 Å². The first-order valence-corrected chi connectivity index (χ1v) is 14.0. The van der Waals surface area contributed by atoms with Gasteiger partial charge in [-0.05, 0) is 65.8 Å². The van der Waals surface area contributed by atoms with Gasteiger partial charge in [-0.2, -0.15) is 0 Å². The van der Waals surface area contributed by atoms with Gasteiger partial charge in [-0.25, -0.2) is 0 Å². The largest absolute Gasteiger partial charge is 0.512 e. The second kappa shape index (κ2) is 14.4. The van der Waals surface area contributed by atoms with Crippen molar-refractivity contribution in [1.29, 1.82) is 0 Å². The van der Waals surface area contributed by atoms with Crippen LogP contribution in [0.25, 0.3) is 22.0 Å². The van der Waals surface area contributed by atoms with E-state index in [1.165, 1.54) is 33.5 Å². The van der Waals surface area contributed by atoms with Crippen molar-refractivity contribution in [1.82, 2.24) is 4.98 Å². The maximum atomic E-state index is 11.8. The summed E-state index contributed by atoms with van der Waals surface area (Å²) in [4.78, 5) is 16.5. The predicted octanol–water partition coefficient (Wildman–Crippen LogP) is 10.0. The van der Waals surface area contributed by atoms with Crippen LogP contribution < -0.4 is 0 Å². The molecule has 3 rings (SSSR count). The van der Waals surface area contributed by atoms with Gasteiger partial charge < -0.3 is 10.1 Å². The molecule has 1 aromatic heterocycles. The number of aromatic nitrogens is 1. The quantitative estimate of drug-likeness (QED) is 0.144. The second-order valence-corrected chi connectivity index (χ2v) is 12.0. The number of hydrogen-bond donors (Lipinski definition) is 1. The number of allylic oxidation sites excluding steroid dienone is 2. The molecule has 0 spiro atoms. The number of aliphatic hydroxyl groups excluding tert-OH is 1. The third kappa shape index (κ3) is 8.85. The van der Waals surface area contributed by atoms with Gasteiger partial charge in [-0.1, -0.05) is 81.4 Å². The van der Waals surface area contributed by atoms with Gasteiger partial charge in [0.05, 0.1) is 0 Å². The number of pyridine rings is 1. The molecular weight excluding hydrogens is 659 g/mol. The molecule has 2 aromatic carbocycles. The maximum Gasteiger partial charge on any atom is 0.164 e. The van der Waals surface area contributed by atoms with Crippen LogP contribution in [-0.2, 0) is 24.9 Å². The minimum atomic E-state index is -0.377. The molecule has 0 aliphatic rings. The molecule has 0 bridgehead atoms. The van der Waals surface area contributed by atoms with E-state index in [9.17, 15) is 9.90 Å². The number of rotatable bonds is 8. The van der Waals surface area contributed by atoms with Crippen LogP contribution in [0.4, 0.5) is 0 Å². The molecule has 3 nitrogen and oxygen atoms in total. The van der Waals surface area contributed by atoms with Gasteiger partial charge >= 0.3 is 0 Å². The van der Waals surface area contributed by atoms with Gasteiger partial charge in [0.2, 0.25) is 0 Å². The van der Waals surface area contributed by atoms with E-state index in [4.69, 9.17) is 0 Å². The zero-order chi connectivity index (χ0) is 28.8.